The van der Waals surface area contributed by atoms with Crippen LogP contribution in [0.1, 0.15) is 53.4 Å². The largest absolute Gasteiger partial charge is 0.444 e. The van der Waals surface area contributed by atoms with Crippen LogP contribution in [0, 0.1) is 0 Å². The molecule has 1 heterocycles. The Balaban J connectivity index is 2.45. The van der Waals surface area contributed by atoms with Gasteiger partial charge in [0.15, 0.2) is 0 Å². The van der Waals surface area contributed by atoms with Gasteiger partial charge in [0.05, 0.1) is 0 Å². The molecular formula is C14H26N2O3. The average molecular weight is 270 g/mol. The van der Waals surface area contributed by atoms with Crippen molar-refractivity contribution in [2.75, 3.05) is 13.1 Å². The minimum Gasteiger partial charge on any atom is -0.444 e. The predicted octanol–water partition coefficient (Wildman–Crippen LogP) is 2.30. The van der Waals surface area contributed by atoms with Gasteiger partial charge in [0.1, 0.15) is 5.60 Å². The number of hydrogen-bond acceptors (Lipinski definition) is 3. The molecule has 0 spiro atoms. The first kappa shape index (κ1) is 15.8. The second-order valence-electron chi connectivity index (χ2n) is 6.08. The maximum atomic E-state index is 12.0. The SMILES string of the molecule is CCCC(=O)NC1CCCN(C(=O)OC(C)(C)C)C1. The summed E-state index contributed by atoms with van der Waals surface area (Å²) in [5.74, 6) is 0.0681. The fourth-order valence-corrected chi connectivity index (χ4v) is 2.11. The number of carbonyl (C=O) groups excluding carboxylic acids is 2. The summed E-state index contributed by atoms with van der Waals surface area (Å²) in [5, 5.41) is 2.98. The van der Waals surface area contributed by atoms with Gasteiger partial charge in [-0.15, -0.1) is 0 Å². The lowest BCUT2D eigenvalue weighted by Crippen LogP contribution is -2.50. The molecule has 5 nitrogen and oxygen atoms in total. The van der Waals surface area contributed by atoms with Crippen molar-refractivity contribution >= 4 is 12.0 Å². The van der Waals surface area contributed by atoms with Crippen molar-refractivity contribution in [3.8, 4) is 0 Å². The van der Waals surface area contributed by atoms with Crippen LogP contribution in [0.5, 0.6) is 0 Å². The molecule has 1 saturated heterocycles. The quantitative estimate of drug-likeness (QED) is 0.856. The van der Waals surface area contributed by atoms with Crippen molar-refractivity contribution in [2.24, 2.45) is 0 Å². The second-order valence-corrected chi connectivity index (χ2v) is 6.08. The minimum absolute atomic E-state index is 0.0559. The Hall–Kier alpha value is -1.26. The van der Waals surface area contributed by atoms with Gasteiger partial charge in [0.25, 0.3) is 0 Å². The zero-order valence-corrected chi connectivity index (χ0v) is 12.5. The van der Waals surface area contributed by atoms with Gasteiger partial charge in [-0.05, 0) is 40.0 Å². The maximum absolute atomic E-state index is 12.0. The van der Waals surface area contributed by atoms with Gasteiger partial charge in [-0.1, -0.05) is 6.92 Å². The molecular weight excluding hydrogens is 244 g/mol. The third kappa shape index (κ3) is 5.94. The zero-order chi connectivity index (χ0) is 14.5. The first-order valence-electron chi connectivity index (χ1n) is 7.09. The highest BCUT2D eigenvalue weighted by molar-refractivity contribution is 5.76. The van der Waals surface area contributed by atoms with E-state index in [1.807, 2.05) is 27.7 Å². The van der Waals surface area contributed by atoms with E-state index in [0.29, 0.717) is 19.5 Å². The molecule has 1 rings (SSSR count). The number of hydrogen-bond donors (Lipinski definition) is 1. The summed E-state index contributed by atoms with van der Waals surface area (Å²) in [6.45, 7) is 8.80. The van der Waals surface area contributed by atoms with E-state index in [1.54, 1.807) is 4.90 Å². The number of rotatable bonds is 3. The molecule has 1 atom stereocenters. The zero-order valence-electron chi connectivity index (χ0n) is 12.5. The Kier molecular flexibility index (Phi) is 5.63. The minimum atomic E-state index is -0.477. The molecule has 0 bridgehead atoms. The molecule has 1 N–H and O–H groups in total. The molecule has 110 valence electrons. The summed E-state index contributed by atoms with van der Waals surface area (Å²) in [6.07, 6.45) is 2.92. The van der Waals surface area contributed by atoms with Crippen molar-refractivity contribution in [1.82, 2.24) is 10.2 Å². The van der Waals surface area contributed by atoms with Gasteiger partial charge in [-0.3, -0.25) is 4.79 Å². The van der Waals surface area contributed by atoms with Gasteiger partial charge in [-0.25, -0.2) is 4.79 Å². The third-order valence-corrected chi connectivity index (χ3v) is 2.92. The van der Waals surface area contributed by atoms with E-state index in [9.17, 15) is 9.59 Å². The van der Waals surface area contributed by atoms with Gasteiger partial charge in [0, 0.05) is 25.6 Å². The Morgan fingerprint density at radius 2 is 2.05 bits per heavy atom. The molecule has 1 aliphatic heterocycles. The van der Waals surface area contributed by atoms with Gasteiger partial charge >= 0.3 is 6.09 Å². The van der Waals surface area contributed by atoms with Crippen LogP contribution < -0.4 is 5.32 Å². The van der Waals surface area contributed by atoms with Crippen LogP contribution in [-0.4, -0.2) is 41.6 Å². The molecule has 0 saturated carbocycles. The van der Waals surface area contributed by atoms with E-state index >= 15 is 0 Å². The first-order chi connectivity index (χ1) is 8.81. The van der Waals surface area contributed by atoms with Crippen molar-refractivity contribution in [3.05, 3.63) is 0 Å². The Bertz CT molecular complexity index is 323. The van der Waals surface area contributed by atoms with Crippen LogP contribution in [-0.2, 0) is 9.53 Å². The fourth-order valence-electron chi connectivity index (χ4n) is 2.11. The van der Waals surface area contributed by atoms with Gasteiger partial charge in [0.2, 0.25) is 5.91 Å². The summed E-state index contributed by atoms with van der Waals surface area (Å²) in [7, 11) is 0. The molecule has 19 heavy (non-hydrogen) atoms. The number of piperidine rings is 1. The summed E-state index contributed by atoms with van der Waals surface area (Å²) >= 11 is 0. The maximum Gasteiger partial charge on any atom is 0.410 e. The van der Waals surface area contributed by atoms with Gasteiger partial charge in [-0.2, -0.15) is 0 Å². The van der Waals surface area contributed by atoms with E-state index in [2.05, 4.69) is 5.32 Å². The second kappa shape index (κ2) is 6.78. The lowest BCUT2D eigenvalue weighted by atomic mass is 10.1. The third-order valence-electron chi connectivity index (χ3n) is 2.92. The highest BCUT2D eigenvalue weighted by Crippen LogP contribution is 2.15. The van der Waals surface area contributed by atoms with E-state index in [1.165, 1.54) is 0 Å². The molecule has 1 unspecified atom stereocenters. The van der Waals surface area contributed by atoms with E-state index in [0.717, 1.165) is 19.3 Å². The van der Waals surface area contributed by atoms with Crippen LogP contribution >= 0.6 is 0 Å². The molecule has 1 aliphatic rings. The van der Waals surface area contributed by atoms with Crippen molar-refractivity contribution in [1.29, 1.82) is 0 Å². The van der Waals surface area contributed by atoms with Gasteiger partial charge < -0.3 is 15.0 Å². The van der Waals surface area contributed by atoms with Crippen LogP contribution in [0.25, 0.3) is 0 Å². The molecule has 5 heteroatoms. The standard InChI is InChI=1S/C14H26N2O3/c1-5-7-12(17)15-11-8-6-9-16(10-11)13(18)19-14(2,3)4/h11H,5-10H2,1-4H3,(H,15,17). The molecule has 2 amide bonds. The summed E-state index contributed by atoms with van der Waals surface area (Å²) in [4.78, 5) is 25.2. The Morgan fingerprint density at radius 1 is 1.37 bits per heavy atom. The number of amides is 2. The molecule has 0 aromatic rings. The number of carbonyl (C=O) groups is 2. The summed E-state index contributed by atoms with van der Waals surface area (Å²) in [6, 6.07) is 0.0559. The smallest absolute Gasteiger partial charge is 0.410 e. The fraction of sp³-hybridized carbons (Fsp3) is 0.857. The normalized spacial score (nSPS) is 20.0. The van der Waals surface area contributed by atoms with Crippen molar-refractivity contribution < 1.29 is 14.3 Å². The Labute approximate surface area is 115 Å². The van der Waals surface area contributed by atoms with E-state index in [-0.39, 0.29) is 18.0 Å². The average Bonchev–Trinajstić information content (AvgIpc) is 2.27. The van der Waals surface area contributed by atoms with E-state index in [4.69, 9.17) is 4.74 Å². The predicted molar refractivity (Wildman–Crippen MR) is 73.9 cm³/mol. The monoisotopic (exact) mass is 270 g/mol. The highest BCUT2D eigenvalue weighted by Gasteiger charge is 2.28. The molecule has 1 fully saturated rings. The van der Waals surface area contributed by atoms with Crippen LogP contribution in [0.2, 0.25) is 0 Å². The first-order valence-corrected chi connectivity index (χ1v) is 7.09. The number of likely N-dealkylation sites (tertiary alicyclic amines) is 1. The summed E-state index contributed by atoms with van der Waals surface area (Å²) < 4.78 is 5.35. The lowest BCUT2D eigenvalue weighted by molar-refractivity contribution is -0.122. The summed E-state index contributed by atoms with van der Waals surface area (Å²) in [5.41, 5.74) is -0.477. The van der Waals surface area contributed by atoms with Crippen LogP contribution in [0.4, 0.5) is 4.79 Å². The molecule has 0 aromatic carbocycles. The number of ether oxygens (including phenoxy) is 1. The lowest BCUT2D eigenvalue weighted by Gasteiger charge is -2.34. The van der Waals surface area contributed by atoms with Crippen molar-refractivity contribution in [2.45, 2.75) is 65.0 Å². The topological polar surface area (TPSA) is 58.6 Å². The Morgan fingerprint density at radius 3 is 2.63 bits per heavy atom. The molecule has 0 aliphatic carbocycles. The molecule has 0 radical (unpaired) electrons. The van der Waals surface area contributed by atoms with Crippen LogP contribution in [0.3, 0.4) is 0 Å². The highest BCUT2D eigenvalue weighted by atomic mass is 16.6. The number of nitrogens with one attached hydrogen (secondary N) is 1. The van der Waals surface area contributed by atoms with E-state index < -0.39 is 5.60 Å². The van der Waals surface area contributed by atoms with Crippen LogP contribution in [0.15, 0.2) is 0 Å². The molecule has 0 aromatic heterocycles. The van der Waals surface area contributed by atoms with Crippen molar-refractivity contribution in [3.63, 3.8) is 0 Å². The number of nitrogens with zero attached hydrogens (tertiary/aromatic N) is 1.